The van der Waals surface area contributed by atoms with Crippen LogP contribution in [0.1, 0.15) is 33.1 Å². The molecular weight excluding hydrogens is 255 g/mol. The number of anilines is 1. The van der Waals surface area contributed by atoms with Crippen molar-refractivity contribution in [3.63, 3.8) is 0 Å². The first-order valence-corrected chi connectivity index (χ1v) is 6.97. The highest BCUT2D eigenvalue weighted by Gasteiger charge is 2.34. The van der Waals surface area contributed by atoms with E-state index in [1.54, 1.807) is 6.07 Å². The van der Waals surface area contributed by atoms with Gasteiger partial charge in [-0.15, -0.1) is 0 Å². The van der Waals surface area contributed by atoms with E-state index in [2.05, 4.69) is 29.2 Å². The lowest BCUT2D eigenvalue weighted by molar-refractivity contribution is 0.350. The molecule has 5 heteroatoms. The van der Waals surface area contributed by atoms with Crippen molar-refractivity contribution in [2.24, 2.45) is 5.41 Å². The SMILES string of the molecule is CC1(C)CCCC1Nc1ccc(-n2cncn2)c(F)c1. The van der Waals surface area contributed by atoms with E-state index in [0.29, 0.717) is 11.7 Å². The summed E-state index contributed by atoms with van der Waals surface area (Å²) >= 11 is 0. The summed E-state index contributed by atoms with van der Waals surface area (Å²) in [6, 6.07) is 5.56. The van der Waals surface area contributed by atoms with Crippen LogP contribution in [0, 0.1) is 11.2 Å². The normalized spacial score (nSPS) is 21.1. The molecular formula is C15H19FN4. The standard InChI is InChI=1S/C15H19FN4/c1-15(2)7-3-4-14(15)19-11-5-6-13(12(16)8-11)20-10-17-9-18-20/h5-6,8-10,14,19H,3-4,7H2,1-2H3. The number of rotatable bonds is 3. The summed E-state index contributed by atoms with van der Waals surface area (Å²) in [4.78, 5) is 3.83. The van der Waals surface area contributed by atoms with Crippen LogP contribution in [0.5, 0.6) is 0 Å². The Bertz CT molecular complexity index is 592. The molecule has 1 aromatic carbocycles. The van der Waals surface area contributed by atoms with Gasteiger partial charge in [0.05, 0.1) is 0 Å². The number of hydrogen-bond acceptors (Lipinski definition) is 3. The summed E-state index contributed by atoms with van der Waals surface area (Å²) < 4.78 is 15.6. The third-order valence-corrected chi connectivity index (χ3v) is 4.21. The van der Waals surface area contributed by atoms with Crippen molar-refractivity contribution in [3.8, 4) is 5.69 Å². The van der Waals surface area contributed by atoms with Crippen LogP contribution in [0.15, 0.2) is 30.9 Å². The van der Waals surface area contributed by atoms with Crippen LogP contribution in [0.2, 0.25) is 0 Å². The van der Waals surface area contributed by atoms with Crippen molar-refractivity contribution in [1.82, 2.24) is 14.8 Å². The quantitative estimate of drug-likeness (QED) is 0.932. The van der Waals surface area contributed by atoms with E-state index in [-0.39, 0.29) is 11.2 Å². The van der Waals surface area contributed by atoms with Crippen LogP contribution in [-0.2, 0) is 0 Å². The van der Waals surface area contributed by atoms with Gasteiger partial charge in [-0.2, -0.15) is 5.10 Å². The van der Waals surface area contributed by atoms with E-state index < -0.39 is 0 Å². The molecule has 1 aliphatic rings. The lowest BCUT2D eigenvalue weighted by Crippen LogP contribution is -2.30. The summed E-state index contributed by atoms with van der Waals surface area (Å²) in [6.45, 7) is 4.52. The third-order valence-electron chi connectivity index (χ3n) is 4.21. The zero-order valence-corrected chi connectivity index (χ0v) is 11.8. The summed E-state index contributed by atoms with van der Waals surface area (Å²) in [6.07, 6.45) is 6.46. The zero-order valence-electron chi connectivity index (χ0n) is 11.8. The molecule has 0 aliphatic heterocycles. The van der Waals surface area contributed by atoms with Crippen molar-refractivity contribution in [3.05, 3.63) is 36.7 Å². The topological polar surface area (TPSA) is 42.7 Å². The number of nitrogens with one attached hydrogen (secondary N) is 1. The molecule has 1 N–H and O–H groups in total. The lowest BCUT2D eigenvalue weighted by Gasteiger charge is -2.28. The molecule has 0 radical (unpaired) electrons. The average molecular weight is 274 g/mol. The van der Waals surface area contributed by atoms with Gasteiger partial charge in [-0.25, -0.2) is 14.1 Å². The minimum atomic E-state index is -0.295. The van der Waals surface area contributed by atoms with Crippen LogP contribution in [-0.4, -0.2) is 20.8 Å². The van der Waals surface area contributed by atoms with E-state index >= 15 is 0 Å². The number of benzene rings is 1. The first kappa shape index (κ1) is 13.1. The van der Waals surface area contributed by atoms with Gasteiger partial charge in [0.1, 0.15) is 18.3 Å². The second-order valence-corrected chi connectivity index (χ2v) is 6.08. The molecule has 0 bridgehead atoms. The van der Waals surface area contributed by atoms with Crippen molar-refractivity contribution in [1.29, 1.82) is 0 Å². The van der Waals surface area contributed by atoms with Gasteiger partial charge in [-0.3, -0.25) is 0 Å². The Labute approximate surface area is 118 Å². The number of nitrogens with zero attached hydrogens (tertiary/aromatic N) is 3. The highest BCUT2D eigenvalue weighted by molar-refractivity contribution is 5.50. The van der Waals surface area contributed by atoms with Gasteiger partial charge in [0.2, 0.25) is 0 Å². The van der Waals surface area contributed by atoms with Gasteiger partial charge in [-0.05, 0) is 36.5 Å². The Kier molecular flexibility index (Phi) is 3.20. The Balaban J connectivity index is 1.81. The van der Waals surface area contributed by atoms with E-state index in [9.17, 15) is 4.39 Å². The van der Waals surface area contributed by atoms with Crippen LogP contribution >= 0.6 is 0 Å². The maximum atomic E-state index is 14.2. The Hall–Kier alpha value is -1.91. The molecule has 1 unspecified atom stereocenters. The molecule has 4 nitrogen and oxygen atoms in total. The second kappa shape index (κ2) is 4.89. The molecule has 1 aromatic heterocycles. The number of hydrogen-bond donors (Lipinski definition) is 1. The maximum Gasteiger partial charge on any atom is 0.150 e. The van der Waals surface area contributed by atoms with Crippen molar-refractivity contribution >= 4 is 5.69 Å². The largest absolute Gasteiger partial charge is 0.382 e. The summed E-state index contributed by atoms with van der Waals surface area (Å²) in [5.74, 6) is -0.295. The van der Waals surface area contributed by atoms with Gasteiger partial charge in [0, 0.05) is 11.7 Å². The van der Waals surface area contributed by atoms with Crippen molar-refractivity contribution in [2.75, 3.05) is 5.32 Å². The highest BCUT2D eigenvalue weighted by Crippen LogP contribution is 2.39. The van der Waals surface area contributed by atoms with Crippen LogP contribution < -0.4 is 5.32 Å². The Morgan fingerprint density at radius 3 is 2.85 bits per heavy atom. The minimum Gasteiger partial charge on any atom is -0.382 e. The lowest BCUT2D eigenvalue weighted by atomic mass is 9.87. The molecule has 0 amide bonds. The van der Waals surface area contributed by atoms with E-state index in [4.69, 9.17) is 0 Å². The first-order valence-electron chi connectivity index (χ1n) is 6.97. The monoisotopic (exact) mass is 274 g/mol. The fourth-order valence-corrected chi connectivity index (χ4v) is 2.91. The summed E-state index contributed by atoms with van der Waals surface area (Å²) in [5, 5.41) is 7.41. The zero-order chi connectivity index (χ0) is 14.2. The number of aromatic nitrogens is 3. The second-order valence-electron chi connectivity index (χ2n) is 6.08. The maximum absolute atomic E-state index is 14.2. The van der Waals surface area contributed by atoms with E-state index in [1.807, 2.05) is 6.07 Å². The van der Waals surface area contributed by atoms with Gasteiger partial charge in [0.15, 0.2) is 5.82 Å². The molecule has 106 valence electrons. The molecule has 1 heterocycles. The summed E-state index contributed by atoms with van der Waals surface area (Å²) in [7, 11) is 0. The number of halogens is 1. The third kappa shape index (κ3) is 2.40. The predicted molar refractivity (Wildman–Crippen MR) is 76.4 cm³/mol. The molecule has 1 saturated carbocycles. The molecule has 0 spiro atoms. The average Bonchev–Trinajstić information content (AvgIpc) is 3.01. The predicted octanol–water partition coefficient (Wildman–Crippen LogP) is 3.40. The van der Waals surface area contributed by atoms with Gasteiger partial charge < -0.3 is 5.32 Å². The molecule has 2 aromatic rings. The van der Waals surface area contributed by atoms with Gasteiger partial charge in [-0.1, -0.05) is 20.3 Å². The molecule has 20 heavy (non-hydrogen) atoms. The fraction of sp³-hybridized carbons (Fsp3) is 0.467. The fourth-order valence-electron chi connectivity index (χ4n) is 2.91. The molecule has 3 rings (SSSR count). The molecule has 1 atom stereocenters. The van der Waals surface area contributed by atoms with Crippen molar-refractivity contribution < 1.29 is 4.39 Å². The Morgan fingerprint density at radius 1 is 1.40 bits per heavy atom. The van der Waals surface area contributed by atoms with E-state index in [0.717, 1.165) is 12.1 Å². The molecule has 1 aliphatic carbocycles. The van der Waals surface area contributed by atoms with Crippen LogP contribution in [0.25, 0.3) is 5.69 Å². The van der Waals surface area contributed by atoms with Crippen LogP contribution in [0.3, 0.4) is 0 Å². The highest BCUT2D eigenvalue weighted by atomic mass is 19.1. The molecule has 1 fully saturated rings. The minimum absolute atomic E-state index is 0.265. The summed E-state index contributed by atoms with van der Waals surface area (Å²) in [5.41, 5.74) is 1.51. The van der Waals surface area contributed by atoms with Crippen molar-refractivity contribution in [2.45, 2.75) is 39.2 Å². The van der Waals surface area contributed by atoms with E-state index in [1.165, 1.54) is 36.2 Å². The smallest absolute Gasteiger partial charge is 0.150 e. The van der Waals surface area contributed by atoms with Gasteiger partial charge >= 0.3 is 0 Å². The van der Waals surface area contributed by atoms with Crippen LogP contribution in [0.4, 0.5) is 10.1 Å². The first-order chi connectivity index (χ1) is 9.56. The Morgan fingerprint density at radius 2 is 2.25 bits per heavy atom. The molecule has 0 saturated heterocycles. The van der Waals surface area contributed by atoms with Gasteiger partial charge in [0.25, 0.3) is 0 Å².